The summed E-state index contributed by atoms with van der Waals surface area (Å²) in [5.74, 6) is 1.01. The standard InChI is InChI=1S/C20H16N4O2S/c1-11-5-3-6-12(9-11)18-23-17(21)14-10-15(27-20(14)24-18)16(25)13-7-4-8-22-19(13)26-2/h3-10H,1-2H3,(H2,21,23,24). The summed E-state index contributed by atoms with van der Waals surface area (Å²) in [4.78, 5) is 27.2. The van der Waals surface area contributed by atoms with Gasteiger partial charge in [-0.15, -0.1) is 11.3 Å². The van der Waals surface area contributed by atoms with E-state index in [0.717, 1.165) is 11.1 Å². The highest BCUT2D eigenvalue weighted by Gasteiger charge is 2.20. The SMILES string of the molecule is COc1ncccc1C(=O)c1cc2c(N)nc(-c3cccc(C)c3)nc2s1. The zero-order valence-corrected chi connectivity index (χ0v) is 15.6. The number of rotatable bonds is 4. The van der Waals surface area contributed by atoms with Gasteiger partial charge < -0.3 is 10.5 Å². The zero-order valence-electron chi connectivity index (χ0n) is 14.8. The van der Waals surface area contributed by atoms with Crippen LogP contribution in [-0.4, -0.2) is 27.8 Å². The van der Waals surface area contributed by atoms with Gasteiger partial charge in [-0.05, 0) is 31.2 Å². The first-order chi connectivity index (χ1) is 13.1. The molecule has 0 spiro atoms. The van der Waals surface area contributed by atoms with Crippen LogP contribution in [-0.2, 0) is 0 Å². The highest BCUT2D eigenvalue weighted by atomic mass is 32.1. The van der Waals surface area contributed by atoms with Gasteiger partial charge in [-0.2, -0.15) is 0 Å². The molecule has 0 saturated heterocycles. The molecule has 3 heterocycles. The van der Waals surface area contributed by atoms with Gasteiger partial charge in [0.15, 0.2) is 5.82 Å². The predicted molar refractivity (Wildman–Crippen MR) is 106 cm³/mol. The van der Waals surface area contributed by atoms with E-state index in [1.807, 2.05) is 31.2 Å². The van der Waals surface area contributed by atoms with E-state index >= 15 is 0 Å². The van der Waals surface area contributed by atoms with E-state index in [4.69, 9.17) is 10.5 Å². The Morgan fingerprint density at radius 2 is 2.00 bits per heavy atom. The number of carbonyl (C=O) groups excluding carboxylic acids is 1. The number of hydrogen-bond donors (Lipinski definition) is 1. The number of nitrogen functional groups attached to an aromatic ring is 1. The molecule has 0 unspecified atom stereocenters. The molecule has 0 bridgehead atoms. The smallest absolute Gasteiger partial charge is 0.224 e. The molecule has 0 aliphatic heterocycles. The van der Waals surface area contributed by atoms with Crippen molar-refractivity contribution in [1.82, 2.24) is 15.0 Å². The molecule has 3 aromatic heterocycles. The zero-order chi connectivity index (χ0) is 19.0. The average molecular weight is 376 g/mol. The van der Waals surface area contributed by atoms with E-state index in [-0.39, 0.29) is 5.78 Å². The number of methoxy groups -OCH3 is 1. The molecule has 4 rings (SSSR count). The Bertz CT molecular complexity index is 1170. The van der Waals surface area contributed by atoms with Gasteiger partial charge >= 0.3 is 0 Å². The van der Waals surface area contributed by atoms with Gasteiger partial charge in [0.2, 0.25) is 11.7 Å². The van der Waals surface area contributed by atoms with Crippen molar-refractivity contribution in [2.75, 3.05) is 12.8 Å². The summed E-state index contributed by atoms with van der Waals surface area (Å²) in [6.45, 7) is 2.01. The molecule has 134 valence electrons. The summed E-state index contributed by atoms with van der Waals surface area (Å²) >= 11 is 1.28. The molecule has 0 fully saturated rings. The number of nitrogens with two attached hydrogens (primary N) is 1. The Balaban J connectivity index is 1.81. The molecule has 0 radical (unpaired) electrons. The van der Waals surface area contributed by atoms with Crippen LogP contribution in [0.4, 0.5) is 5.82 Å². The maximum atomic E-state index is 12.9. The average Bonchev–Trinajstić information content (AvgIpc) is 3.12. The third-order valence-electron chi connectivity index (χ3n) is 4.13. The lowest BCUT2D eigenvalue weighted by Crippen LogP contribution is -2.03. The molecule has 1 aromatic carbocycles. The number of thiophene rings is 1. The van der Waals surface area contributed by atoms with Crippen LogP contribution in [0.15, 0.2) is 48.7 Å². The maximum Gasteiger partial charge on any atom is 0.224 e. The first kappa shape index (κ1) is 17.1. The van der Waals surface area contributed by atoms with E-state index in [2.05, 4.69) is 15.0 Å². The Labute approximate surface area is 159 Å². The molecule has 6 nitrogen and oxygen atoms in total. The number of hydrogen-bond acceptors (Lipinski definition) is 7. The van der Waals surface area contributed by atoms with E-state index < -0.39 is 0 Å². The lowest BCUT2D eigenvalue weighted by atomic mass is 10.1. The third-order valence-corrected chi connectivity index (χ3v) is 5.16. The number of aryl methyl sites for hydroxylation is 1. The van der Waals surface area contributed by atoms with E-state index in [1.54, 1.807) is 24.4 Å². The van der Waals surface area contributed by atoms with E-state index in [0.29, 0.717) is 38.2 Å². The number of ether oxygens (including phenoxy) is 1. The Hall–Kier alpha value is -3.32. The van der Waals surface area contributed by atoms with Gasteiger partial charge in [0.05, 0.1) is 22.9 Å². The summed E-state index contributed by atoms with van der Waals surface area (Å²) in [6.07, 6.45) is 1.58. The molecular weight excluding hydrogens is 360 g/mol. The van der Waals surface area contributed by atoms with Crippen LogP contribution in [0, 0.1) is 6.92 Å². The Kier molecular flexibility index (Phi) is 4.29. The van der Waals surface area contributed by atoms with Gasteiger partial charge in [-0.1, -0.05) is 23.8 Å². The molecule has 2 N–H and O–H groups in total. The fourth-order valence-corrected chi connectivity index (χ4v) is 3.82. The molecule has 0 aliphatic carbocycles. The van der Waals surface area contributed by atoms with Crippen LogP contribution in [0.2, 0.25) is 0 Å². The number of aromatic nitrogens is 3. The van der Waals surface area contributed by atoms with Crippen molar-refractivity contribution in [2.45, 2.75) is 6.92 Å². The van der Waals surface area contributed by atoms with E-state index in [9.17, 15) is 4.79 Å². The minimum Gasteiger partial charge on any atom is -0.480 e. The molecule has 0 atom stereocenters. The topological polar surface area (TPSA) is 91.0 Å². The molecule has 0 saturated carbocycles. The molecular formula is C20H16N4O2S. The monoisotopic (exact) mass is 376 g/mol. The van der Waals surface area contributed by atoms with Gasteiger partial charge in [0.1, 0.15) is 10.6 Å². The van der Waals surface area contributed by atoms with Gasteiger partial charge in [0.25, 0.3) is 0 Å². The minimum atomic E-state index is -0.181. The molecule has 4 aromatic rings. The number of fused-ring (bicyclic) bond motifs is 1. The first-order valence-corrected chi connectivity index (χ1v) is 9.06. The summed E-state index contributed by atoms with van der Waals surface area (Å²) in [6, 6.07) is 13.0. The highest BCUT2D eigenvalue weighted by molar-refractivity contribution is 7.20. The summed E-state index contributed by atoms with van der Waals surface area (Å²) in [5.41, 5.74) is 8.55. The quantitative estimate of drug-likeness (QED) is 0.544. The number of nitrogens with zero attached hydrogens (tertiary/aromatic N) is 3. The van der Waals surface area contributed by atoms with Gasteiger partial charge in [0, 0.05) is 11.8 Å². The first-order valence-electron chi connectivity index (χ1n) is 8.24. The van der Waals surface area contributed by atoms with Crippen LogP contribution >= 0.6 is 11.3 Å². The second-order valence-corrected chi connectivity index (χ2v) is 7.05. The molecule has 7 heteroatoms. The number of ketones is 1. The van der Waals surface area contributed by atoms with E-state index in [1.165, 1.54) is 18.4 Å². The van der Waals surface area contributed by atoms with Crippen molar-refractivity contribution >= 4 is 33.2 Å². The van der Waals surface area contributed by atoms with Crippen molar-refractivity contribution < 1.29 is 9.53 Å². The van der Waals surface area contributed by atoms with Crippen LogP contribution in [0.3, 0.4) is 0 Å². The fourth-order valence-electron chi connectivity index (χ4n) is 2.83. The predicted octanol–water partition coefficient (Wildman–Crippen LogP) is 3.88. The van der Waals surface area contributed by atoms with Gasteiger partial charge in [-0.25, -0.2) is 15.0 Å². The highest BCUT2D eigenvalue weighted by Crippen LogP contribution is 2.32. The summed E-state index contributed by atoms with van der Waals surface area (Å²) in [7, 11) is 1.49. The number of carbonyl (C=O) groups is 1. The van der Waals surface area contributed by atoms with Crippen molar-refractivity contribution in [1.29, 1.82) is 0 Å². The lowest BCUT2D eigenvalue weighted by molar-refractivity contribution is 0.103. The van der Waals surface area contributed by atoms with Crippen LogP contribution in [0.5, 0.6) is 5.88 Å². The Morgan fingerprint density at radius 1 is 1.15 bits per heavy atom. The minimum absolute atomic E-state index is 0.181. The second kappa shape index (κ2) is 6.77. The van der Waals surface area contributed by atoms with Crippen LogP contribution in [0.1, 0.15) is 20.8 Å². The largest absolute Gasteiger partial charge is 0.480 e. The third kappa shape index (κ3) is 3.13. The normalized spacial score (nSPS) is 10.9. The van der Waals surface area contributed by atoms with Crippen molar-refractivity contribution in [3.63, 3.8) is 0 Å². The second-order valence-electron chi connectivity index (χ2n) is 6.02. The maximum absolute atomic E-state index is 12.9. The number of pyridine rings is 1. The Morgan fingerprint density at radius 3 is 2.78 bits per heavy atom. The van der Waals surface area contributed by atoms with Crippen LogP contribution < -0.4 is 10.5 Å². The molecule has 27 heavy (non-hydrogen) atoms. The van der Waals surface area contributed by atoms with Crippen LogP contribution in [0.25, 0.3) is 21.6 Å². The summed E-state index contributed by atoms with van der Waals surface area (Å²) < 4.78 is 5.19. The lowest BCUT2D eigenvalue weighted by Gasteiger charge is -2.03. The van der Waals surface area contributed by atoms with Gasteiger partial charge in [-0.3, -0.25) is 4.79 Å². The van der Waals surface area contributed by atoms with Crippen molar-refractivity contribution in [3.8, 4) is 17.3 Å². The van der Waals surface area contributed by atoms with Crippen molar-refractivity contribution in [2.24, 2.45) is 0 Å². The summed E-state index contributed by atoms with van der Waals surface area (Å²) in [5, 5.41) is 0.669. The molecule has 0 aliphatic rings. The molecule has 0 amide bonds. The number of benzene rings is 1. The van der Waals surface area contributed by atoms with Crippen molar-refractivity contribution in [3.05, 3.63) is 64.7 Å². The number of anilines is 1. The fraction of sp³-hybridized carbons (Fsp3) is 0.100.